The van der Waals surface area contributed by atoms with Crippen LogP contribution in [0.3, 0.4) is 0 Å². The molecule has 0 spiro atoms. The van der Waals surface area contributed by atoms with Gasteiger partial charge >= 0.3 is 0 Å². The molecule has 4 nitrogen and oxygen atoms in total. The highest BCUT2D eigenvalue weighted by Gasteiger charge is 2.42. The summed E-state index contributed by atoms with van der Waals surface area (Å²) in [6.45, 7) is 2.32. The van der Waals surface area contributed by atoms with Crippen molar-refractivity contribution in [2.24, 2.45) is 24.8 Å². The summed E-state index contributed by atoms with van der Waals surface area (Å²) in [6.07, 6.45) is 7.70. The summed E-state index contributed by atoms with van der Waals surface area (Å²) in [7, 11) is 2.06. The van der Waals surface area contributed by atoms with Crippen molar-refractivity contribution in [3.8, 4) is 11.5 Å². The fraction of sp³-hybridized carbons (Fsp3) is 0.625. The molecule has 2 aliphatic carbocycles. The first-order chi connectivity index (χ1) is 10.1. The second-order valence-electron chi connectivity index (χ2n) is 6.81. The van der Waals surface area contributed by atoms with Crippen LogP contribution in [-0.4, -0.2) is 19.3 Å². The number of aromatic amines is 1. The number of fused-ring (bicyclic) bond motifs is 2. The smallest absolute Gasteiger partial charge is 0.195 e. The Morgan fingerprint density at radius 1 is 1.38 bits per heavy atom. The van der Waals surface area contributed by atoms with Gasteiger partial charge in [0.1, 0.15) is 0 Å². The number of nitrogens with one attached hydrogen (secondary N) is 1. The molecule has 21 heavy (non-hydrogen) atoms. The van der Waals surface area contributed by atoms with Crippen molar-refractivity contribution in [2.45, 2.75) is 38.6 Å². The number of aromatic nitrogens is 4. The van der Waals surface area contributed by atoms with E-state index < -0.39 is 0 Å². The van der Waals surface area contributed by atoms with E-state index in [-0.39, 0.29) is 0 Å². The van der Waals surface area contributed by atoms with Crippen LogP contribution < -0.4 is 0 Å². The molecule has 4 rings (SSSR count). The summed E-state index contributed by atoms with van der Waals surface area (Å²) in [5, 5.41) is 7.50. The summed E-state index contributed by atoms with van der Waals surface area (Å²) >= 11 is 5.52. The minimum atomic E-state index is 0.427. The van der Waals surface area contributed by atoms with E-state index in [4.69, 9.17) is 12.2 Å². The fourth-order valence-electron chi connectivity index (χ4n) is 4.63. The number of rotatable bonds is 3. The molecule has 0 radical (unpaired) electrons. The molecule has 5 heteroatoms. The molecule has 2 bridgehead atoms. The summed E-state index contributed by atoms with van der Waals surface area (Å²) < 4.78 is 5.10. The van der Waals surface area contributed by atoms with Crippen LogP contribution in [0, 0.1) is 22.5 Å². The van der Waals surface area contributed by atoms with E-state index in [1.807, 2.05) is 0 Å². The first-order valence-corrected chi connectivity index (χ1v) is 8.34. The Bertz CT molecular complexity index is 710. The van der Waals surface area contributed by atoms with E-state index in [1.54, 1.807) is 0 Å². The van der Waals surface area contributed by atoms with Gasteiger partial charge in [-0.2, -0.15) is 5.10 Å². The summed E-state index contributed by atoms with van der Waals surface area (Å²) in [5.74, 6) is 3.58. The van der Waals surface area contributed by atoms with Gasteiger partial charge < -0.3 is 4.57 Å². The van der Waals surface area contributed by atoms with Crippen LogP contribution in [0.5, 0.6) is 0 Å². The zero-order valence-electron chi connectivity index (χ0n) is 12.6. The Labute approximate surface area is 130 Å². The summed E-state index contributed by atoms with van der Waals surface area (Å²) in [6, 6.07) is 4.59. The van der Waals surface area contributed by atoms with Crippen molar-refractivity contribution in [1.29, 1.82) is 0 Å². The molecule has 112 valence electrons. The number of aryl methyl sites for hydroxylation is 1. The molecule has 2 aromatic rings. The molecular weight excluding hydrogens is 280 g/mol. The third kappa shape index (κ3) is 2.01. The quantitative estimate of drug-likeness (QED) is 0.872. The first kappa shape index (κ1) is 13.3. The third-order valence-electron chi connectivity index (χ3n) is 5.70. The molecule has 0 aromatic carbocycles. The lowest BCUT2D eigenvalue weighted by molar-refractivity contribution is 0.242. The fourth-order valence-corrected chi connectivity index (χ4v) is 4.93. The summed E-state index contributed by atoms with van der Waals surface area (Å²) in [5.41, 5.74) is 1.12. The van der Waals surface area contributed by atoms with Crippen LogP contribution in [0.15, 0.2) is 18.3 Å². The van der Waals surface area contributed by atoms with Gasteiger partial charge in [0.2, 0.25) is 0 Å². The van der Waals surface area contributed by atoms with Gasteiger partial charge in [-0.05, 0) is 68.3 Å². The van der Waals surface area contributed by atoms with Crippen molar-refractivity contribution in [3.63, 3.8) is 0 Å². The van der Waals surface area contributed by atoms with E-state index in [0.717, 1.165) is 34.0 Å². The van der Waals surface area contributed by atoms with Crippen LogP contribution in [0.25, 0.3) is 11.5 Å². The van der Waals surface area contributed by atoms with Gasteiger partial charge in [-0.3, -0.25) is 9.67 Å². The largest absolute Gasteiger partial charge is 0.348 e. The maximum Gasteiger partial charge on any atom is 0.195 e. The predicted octanol–water partition coefficient (Wildman–Crippen LogP) is 3.94. The van der Waals surface area contributed by atoms with Gasteiger partial charge in [-0.15, -0.1) is 0 Å². The third-order valence-corrected chi connectivity index (χ3v) is 5.98. The molecular formula is C16H22N4S. The lowest BCUT2D eigenvalue weighted by atomic mass is 9.84. The van der Waals surface area contributed by atoms with Crippen LogP contribution in [0.2, 0.25) is 0 Å². The predicted molar refractivity (Wildman–Crippen MR) is 85.5 cm³/mol. The first-order valence-electron chi connectivity index (χ1n) is 7.93. The molecule has 0 aliphatic heterocycles. The van der Waals surface area contributed by atoms with E-state index in [0.29, 0.717) is 6.04 Å². The van der Waals surface area contributed by atoms with E-state index in [2.05, 4.69) is 51.6 Å². The molecule has 2 aliphatic rings. The van der Waals surface area contributed by atoms with Crippen molar-refractivity contribution >= 4 is 12.2 Å². The Balaban J connectivity index is 1.73. The van der Waals surface area contributed by atoms with Gasteiger partial charge in [0.05, 0.1) is 5.69 Å². The van der Waals surface area contributed by atoms with Gasteiger partial charge in [0, 0.05) is 19.3 Å². The van der Waals surface area contributed by atoms with E-state index in [1.165, 1.54) is 25.7 Å². The molecule has 2 heterocycles. The highest BCUT2D eigenvalue weighted by Crippen LogP contribution is 2.52. The zero-order valence-corrected chi connectivity index (χ0v) is 13.4. The Morgan fingerprint density at radius 2 is 2.24 bits per heavy atom. The zero-order chi connectivity index (χ0) is 14.6. The second-order valence-corrected chi connectivity index (χ2v) is 7.19. The van der Waals surface area contributed by atoms with Crippen LogP contribution in [0.1, 0.15) is 38.6 Å². The Kier molecular flexibility index (Phi) is 3.06. The topological polar surface area (TPSA) is 38.5 Å². The van der Waals surface area contributed by atoms with Crippen molar-refractivity contribution in [2.75, 3.05) is 0 Å². The monoisotopic (exact) mass is 302 g/mol. The molecule has 4 atom stereocenters. The number of H-pyrrole nitrogens is 1. The minimum absolute atomic E-state index is 0.427. The number of hydrogen-bond acceptors (Lipinski definition) is 2. The SMILES string of the molecule is CC(C1CC2CCC1C2)n1c(-c2cccn2C)n[nH]c1=S. The molecule has 1 N–H and O–H groups in total. The van der Waals surface area contributed by atoms with E-state index in [9.17, 15) is 0 Å². The lowest BCUT2D eigenvalue weighted by Gasteiger charge is -2.29. The maximum absolute atomic E-state index is 5.52. The molecule has 2 fully saturated rings. The number of hydrogen-bond donors (Lipinski definition) is 1. The second kappa shape index (κ2) is 4.83. The molecule has 0 saturated heterocycles. The normalized spacial score (nSPS) is 29.1. The Morgan fingerprint density at radius 3 is 2.86 bits per heavy atom. The Hall–Kier alpha value is -1.36. The van der Waals surface area contributed by atoms with Crippen LogP contribution >= 0.6 is 12.2 Å². The minimum Gasteiger partial charge on any atom is -0.348 e. The van der Waals surface area contributed by atoms with Gasteiger partial charge in [-0.25, -0.2) is 0 Å². The van der Waals surface area contributed by atoms with Crippen molar-refractivity contribution < 1.29 is 0 Å². The van der Waals surface area contributed by atoms with Crippen LogP contribution in [0.4, 0.5) is 0 Å². The lowest BCUT2D eigenvalue weighted by Crippen LogP contribution is -2.23. The van der Waals surface area contributed by atoms with Crippen molar-refractivity contribution in [1.82, 2.24) is 19.3 Å². The molecule has 4 unspecified atom stereocenters. The maximum atomic E-state index is 5.52. The summed E-state index contributed by atoms with van der Waals surface area (Å²) in [4.78, 5) is 0. The molecule has 2 aromatic heterocycles. The average Bonchev–Trinajstić information content (AvgIpc) is 3.21. The van der Waals surface area contributed by atoms with Gasteiger partial charge in [0.15, 0.2) is 10.6 Å². The standard InChI is InChI=1S/C16H22N4S/c1-10(13-9-11-5-6-12(13)8-11)20-15(17-18-16(20)21)14-4-3-7-19(14)2/h3-4,7,10-13H,5-6,8-9H2,1-2H3,(H,18,21). The van der Waals surface area contributed by atoms with Gasteiger partial charge in [-0.1, -0.05) is 6.42 Å². The van der Waals surface area contributed by atoms with Crippen molar-refractivity contribution in [3.05, 3.63) is 23.1 Å². The molecule has 0 amide bonds. The molecule has 2 saturated carbocycles. The average molecular weight is 302 g/mol. The highest BCUT2D eigenvalue weighted by atomic mass is 32.1. The van der Waals surface area contributed by atoms with E-state index >= 15 is 0 Å². The van der Waals surface area contributed by atoms with Gasteiger partial charge in [0.25, 0.3) is 0 Å². The highest BCUT2D eigenvalue weighted by molar-refractivity contribution is 7.71. The number of nitrogens with zero attached hydrogens (tertiary/aromatic N) is 3. The van der Waals surface area contributed by atoms with Crippen LogP contribution in [-0.2, 0) is 7.05 Å².